The van der Waals surface area contributed by atoms with Gasteiger partial charge in [0.1, 0.15) is 12.1 Å². The van der Waals surface area contributed by atoms with Gasteiger partial charge in [0.2, 0.25) is 5.95 Å². The molecular formula is C23H25F2N5O. The second-order valence-electron chi connectivity index (χ2n) is 8.25. The highest BCUT2D eigenvalue weighted by Crippen LogP contribution is 2.30. The lowest BCUT2D eigenvalue weighted by atomic mass is 9.90. The SMILES string of the molecule is Fc1cc(-c2ccc3ncnc(N[C@H]4CC[C@H](N5CCOCC5)CC4)c3c2)cnc1F. The van der Waals surface area contributed by atoms with Gasteiger partial charge in [-0.3, -0.25) is 4.90 Å². The van der Waals surface area contributed by atoms with Crippen LogP contribution in [0.4, 0.5) is 14.6 Å². The predicted octanol–water partition coefficient (Wildman–Crippen LogP) is 4.03. The van der Waals surface area contributed by atoms with E-state index in [-0.39, 0.29) is 0 Å². The van der Waals surface area contributed by atoms with Crippen molar-refractivity contribution in [3.8, 4) is 11.1 Å². The zero-order valence-electron chi connectivity index (χ0n) is 17.2. The minimum Gasteiger partial charge on any atom is -0.379 e. The van der Waals surface area contributed by atoms with Gasteiger partial charge in [-0.2, -0.15) is 4.39 Å². The molecule has 0 bridgehead atoms. The Hall–Kier alpha value is -2.71. The Labute approximate surface area is 179 Å². The summed E-state index contributed by atoms with van der Waals surface area (Å²) in [4.78, 5) is 14.9. The molecule has 0 spiro atoms. The van der Waals surface area contributed by atoms with E-state index in [0.717, 1.165) is 80.3 Å². The number of fused-ring (bicyclic) bond motifs is 1. The van der Waals surface area contributed by atoms with Gasteiger partial charge in [-0.25, -0.2) is 19.3 Å². The molecule has 3 heterocycles. The third kappa shape index (κ3) is 4.36. The second-order valence-corrected chi connectivity index (χ2v) is 8.25. The molecule has 0 amide bonds. The quantitative estimate of drug-likeness (QED) is 0.637. The van der Waals surface area contributed by atoms with Crippen LogP contribution >= 0.6 is 0 Å². The van der Waals surface area contributed by atoms with Crippen LogP contribution in [0.3, 0.4) is 0 Å². The highest BCUT2D eigenvalue weighted by atomic mass is 19.2. The predicted molar refractivity (Wildman–Crippen MR) is 115 cm³/mol. The van der Waals surface area contributed by atoms with Crippen LogP contribution in [0.2, 0.25) is 0 Å². The number of nitrogens with zero attached hydrogens (tertiary/aromatic N) is 4. The zero-order valence-corrected chi connectivity index (χ0v) is 17.2. The lowest BCUT2D eigenvalue weighted by Gasteiger charge is -2.39. The summed E-state index contributed by atoms with van der Waals surface area (Å²) < 4.78 is 32.3. The van der Waals surface area contributed by atoms with Gasteiger partial charge < -0.3 is 10.1 Å². The number of aromatic nitrogens is 3. The number of hydrogen-bond acceptors (Lipinski definition) is 6. The van der Waals surface area contributed by atoms with Crippen LogP contribution in [-0.2, 0) is 4.74 Å². The van der Waals surface area contributed by atoms with Crippen molar-refractivity contribution < 1.29 is 13.5 Å². The van der Waals surface area contributed by atoms with Gasteiger partial charge in [-0.15, -0.1) is 0 Å². The van der Waals surface area contributed by atoms with Crippen molar-refractivity contribution in [2.24, 2.45) is 0 Å². The number of benzene rings is 1. The standard InChI is InChI=1S/C23H25F2N5O/c24-20-12-16(13-26-22(20)25)15-1-6-21-19(11-15)23(28-14-27-21)29-17-2-4-18(5-3-17)30-7-9-31-10-8-30/h1,6,11-14,17-18H,2-5,7-10H2,(H,27,28,29)/t17-,18-. The van der Waals surface area contributed by atoms with Crippen molar-refractivity contribution in [2.75, 3.05) is 31.6 Å². The summed E-state index contributed by atoms with van der Waals surface area (Å²) in [5, 5.41) is 4.46. The maximum atomic E-state index is 13.6. The number of nitrogens with one attached hydrogen (secondary N) is 1. The van der Waals surface area contributed by atoms with E-state index in [1.165, 1.54) is 6.20 Å². The molecular weight excluding hydrogens is 400 g/mol. The van der Waals surface area contributed by atoms with Crippen molar-refractivity contribution in [3.05, 3.63) is 48.6 Å². The molecule has 1 aliphatic heterocycles. The van der Waals surface area contributed by atoms with Gasteiger partial charge in [0.25, 0.3) is 0 Å². The summed E-state index contributed by atoms with van der Waals surface area (Å²) in [5.74, 6) is -1.28. The van der Waals surface area contributed by atoms with Crippen LogP contribution in [0.15, 0.2) is 36.8 Å². The second kappa shape index (κ2) is 8.80. The highest BCUT2D eigenvalue weighted by molar-refractivity contribution is 5.92. The highest BCUT2D eigenvalue weighted by Gasteiger charge is 2.27. The molecule has 1 saturated carbocycles. The Morgan fingerprint density at radius 2 is 1.74 bits per heavy atom. The van der Waals surface area contributed by atoms with Crippen LogP contribution in [-0.4, -0.2) is 58.2 Å². The van der Waals surface area contributed by atoms with Crippen molar-refractivity contribution in [1.29, 1.82) is 0 Å². The van der Waals surface area contributed by atoms with E-state index in [1.807, 2.05) is 18.2 Å². The minimum atomic E-state index is -1.09. The molecule has 162 valence electrons. The first-order valence-corrected chi connectivity index (χ1v) is 10.8. The molecule has 0 atom stereocenters. The smallest absolute Gasteiger partial charge is 0.248 e. The number of morpholine rings is 1. The summed E-state index contributed by atoms with van der Waals surface area (Å²) in [6.45, 7) is 3.73. The van der Waals surface area contributed by atoms with Crippen molar-refractivity contribution in [1.82, 2.24) is 19.9 Å². The Morgan fingerprint density at radius 1 is 0.935 bits per heavy atom. The topological polar surface area (TPSA) is 63.2 Å². The average molecular weight is 425 g/mol. The van der Waals surface area contributed by atoms with E-state index in [1.54, 1.807) is 6.33 Å². The third-order valence-corrected chi connectivity index (χ3v) is 6.36. The van der Waals surface area contributed by atoms with Gasteiger partial charge in [0.15, 0.2) is 5.82 Å². The normalized spacial score (nSPS) is 22.5. The Balaban J connectivity index is 1.33. The lowest BCUT2D eigenvalue weighted by molar-refractivity contribution is 0.00791. The molecule has 6 nitrogen and oxygen atoms in total. The first-order chi connectivity index (χ1) is 15.2. The van der Waals surface area contributed by atoms with Crippen LogP contribution in [0.5, 0.6) is 0 Å². The molecule has 1 saturated heterocycles. The van der Waals surface area contributed by atoms with E-state index in [0.29, 0.717) is 17.6 Å². The number of rotatable bonds is 4. The number of ether oxygens (including phenoxy) is 1. The largest absolute Gasteiger partial charge is 0.379 e. The molecule has 1 aromatic carbocycles. The van der Waals surface area contributed by atoms with Crippen molar-refractivity contribution in [2.45, 2.75) is 37.8 Å². The molecule has 0 radical (unpaired) electrons. The number of anilines is 1. The van der Waals surface area contributed by atoms with Crippen molar-refractivity contribution in [3.63, 3.8) is 0 Å². The zero-order chi connectivity index (χ0) is 21.2. The minimum absolute atomic E-state index is 0.351. The van der Waals surface area contributed by atoms with Crippen LogP contribution in [0.25, 0.3) is 22.0 Å². The maximum Gasteiger partial charge on any atom is 0.248 e. The van der Waals surface area contributed by atoms with Gasteiger partial charge in [-0.05, 0) is 49.4 Å². The average Bonchev–Trinajstić information content (AvgIpc) is 2.82. The third-order valence-electron chi connectivity index (χ3n) is 6.36. The first-order valence-electron chi connectivity index (χ1n) is 10.8. The van der Waals surface area contributed by atoms with Gasteiger partial charge in [-0.1, -0.05) is 6.07 Å². The maximum absolute atomic E-state index is 13.6. The monoisotopic (exact) mass is 425 g/mol. The Bertz CT molecular complexity index is 1070. The van der Waals surface area contributed by atoms with E-state index in [4.69, 9.17) is 4.74 Å². The fraction of sp³-hybridized carbons (Fsp3) is 0.435. The Morgan fingerprint density at radius 3 is 2.52 bits per heavy atom. The molecule has 31 heavy (non-hydrogen) atoms. The molecule has 2 fully saturated rings. The van der Waals surface area contributed by atoms with Crippen LogP contribution in [0.1, 0.15) is 25.7 Å². The fourth-order valence-electron chi connectivity index (χ4n) is 4.65. The summed E-state index contributed by atoms with van der Waals surface area (Å²) in [5.41, 5.74) is 2.06. The fourth-order valence-corrected chi connectivity index (χ4v) is 4.65. The molecule has 1 aliphatic carbocycles. The van der Waals surface area contributed by atoms with E-state index >= 15 is 0 Å². The van der Waals surface area contributed by atoms with Gasteiger partial charge in [0.05, 0.1) is 18.7 Å². The van der Waals surface area contributed by atoms with E-state index in [9.17, 15) is 8.78 Å². The van der Waals surface area contributed by atoms with Gasteiger partial charge >= 0.3 is 0 Å². The molecule has 8 heteroatoms. The molecule has 2 aromatic heterocycles. The lowest BCUT2D eigenvalue weighted by Crippen LogP contribution is -2.46. The van der Waals surface area contributed by atoms with E-state index < -0.39 is 11.8 Å². The van der Waals surface area contributed by atoms with Crippen molar-refractivity contribution >= 4 is 16.7 Å². The first kappa shape index (κ1) is 20.2. The van der Waals surface area contributed by atoms with Crippen LogP contribution < -0.4 is 5.32 Å². The summed E-state index contributed by atoms with van der Waals surface area (Å²) in [6.07, 6.45) is 7.38. The molecule has 5 rings (SSSR count). The van der Waals surface area contributed by atoms with Crippen LogP contribution in [0, 0.1) is 11.8 Å². The van der Waals surface area contributed by atoms with Gasteiger partial charge in [0, 0.05) is 42.3 Å². The molecule has 2 aliphatic rings. The number of hydrogen-bond donors (Lipinski definition) is 1. The Kier molecular flexibility index (Phi) is 5.74. The summed E-state index contributed by atoms with van der Waals surface area (Å²) in [7, 11) is 0. The number of pyridine rings is 1. The number of halogens is 2. The van der Waals surface area contributed by atoms with E-state index in [2.05, 4.69) is 25.2 Å². The summed E-state index contributed by atoms with van der Waals surface area (Å²) in [6, 6.07) is 7.76. The molecule has 1 N–H and O–H groups in total. The molecule has 0 unspecified atom stereocenters. The summed E-state index contributed by atoms with van der Waals surface area (Å²) >= 11 is 0. The molecule has 3 aromatic rings.